The number of rotatable bonds is 5. The van der Waals surface area contributed by atoms with Gasteiger partial charge in [0, 0.05) is 37.1 Å². The zero-order chi connectivity index (χ0) is 11.4. The third-order valence-corrected chi connectivity index (χ3v) is 3.04. The Bertz CT molecular complexity index is 295. The second kappa shape index (κ2) is 5.42. The summed E-state index contributed by atoms with van der Waals surface area (Å²) in [6, 6.07) is 0.241. The number of aromatic nitrogens is 2. The van der Waals surface area contributed by atoms with E-state index in [0.717, 1.165) is 23.9 Å². The molecule has 1 rings (SSSR count). The Morgan fingerprint density at radius 3 is 2.53 bits per heavy atom. The molecule has 0 aliphatic rings. The van der Waals surface area contributed by atoms with E-state index in [0.29, 0.717) is 5.92 Å². The smallest absolute Gasteiger partial charge is 0.204 e. The molecule has 0 aliphatic carbocycles. The Morgan fingerprint density at radius 2 is 2.07 bits per heavy atom. The molecule has 0 saturated heterocycles. The predicted octanol–water partition coefficient (Wildman–Crippen LogP) is 1.83. The predicted molar refractivity (Wildman–Crippen MR) is 65.5 cm³/mol. The molecule has 1 unspecified atom stereocenters. The van der Waals surface area contributed by atoms with Crippen molar-refractivity contribution in [3.05, 3.63) is 5.82 Å². The zero-order valence-electron chi connectivity index (χ0n) is 9.90. The lowest BCUT2D eigenvalue weighted by Gasteiger charge is -2.16. The van der Waals surface area contributed by atoms with Gasteiger partial charge in [-0.15, -0.1) is 0 Å². The Hall–Kier alpha value is -0.680. The van der Waals surface area contributed by atoms with E-state index in [1.54, 1.807) is 0 Å². The topological polar surface area (TPSA) is 55.0 Å². The van der Waals surface area contributed by atoms with E-state index in [-0.39, 0.29) is 6.04 Å². The highest BCUT2D eigenvalue weighted by Crippen LogP contribution is 2.20. The van der Waals surface area contributed by atoms with E-state index in [9.17, 15) is 0 Å². The summed E-state index contributed by atoms with van der Waals surface area (Å²) in [5, 5.41) is 0.986. The van der Waals surface area contributed by atoms with Gasteiger partial charge >= 0.3 is 0 Å². The fourth-order valence-electron chi connectivity index (χ4n) is 1.11. The Kier molecular flexibility index (Phi) is 4.47. The van der Waals surface area contributed by atoms with Crippen LogP contribution in [0.1, 0.15) is 38.9 Å². The van der Waals surface area contributed by atoms with Crippen molar-refractivity contribution in [3.8, 4) is 0 Å². The molecule has 0 aromatic carbocycles. The number of nitrogens with zero attached hydrogens (tertiary/aromatic N) is 3. The van der Waals surface area contributed by atoms with Crippen molar-refractivity contribution >= 4 is 16.7 Å². The van der Waals surface area contributed by atoms with Crippen LogP contribution in [0.2, 0.25) is 0 Å². The molecular weight excluding hydrogens is 208 g/mol. The van der Waals surface area contributed by atoms with Crippen molar-refractivity contribution in [1.82, 2.24) is 9.36 Å². The van der Waals surface area contributed by atoms with Crippen LogP contribution >= 0.6 is 11.5 Å². The van der Waals surface area contributed by atoms with Gasteiger partial charge in [0.2, 0.25) is 5.13 Å². The van der Waals surface area contributed by atoms with Crippen LogP contribution in [0.25, 0.3) is 0 Å². The van der Waals surface area contributed by atoms with Crippen LogP contribution in [-0.2, 0) is 0 Å². The average Bonchev–Trinajstić information content (AvgIpc) is 2.62. The maximum Gasteiger partial charge on any atom is 0.204 e. The van der Waals surface area contributed by atoms with E-state index in [2.05, 4.69) is 28.1 Å². The summed E-state index contributed by atoms with van der Waals surface area (Å²) in [7, 11) is 2.03. The average molecular weight is 228 g/mol. The molecule has 1 atom stereocenters. The molecule has 0 saturated carbocycles. The van der Waals surface area contributed by atoms with Crippen LogP contribution in [0.15, 0.2) is 0 Å². The summed E-state index contributed by atoms with van der Waals surface area (Å²) < 4.78 is 4.32. The first-order chi connectivity index (χ1) is 7.00. The van der Waals surface area contributed by atoms with Gasteiger partial charge in [-0.2, -0.15) is 4.37 Å². The van der Waals surface area contributed by atoms with Gasteiger partial charge in [0.15, 0.2) is 0 Å². The quantitative estimate of drug-likeness (QED) is 0.835. The highest BCUT2D eigenvalue weighted by molar-refractivity contribution is 7.09. The Balaban J connectivity index is 2.54. The minimum absolute atomic E-state index is 0.241. The summed E-state index contributed by atoms with van der Waals surface area (Å²) in [5.41, 5.74) is 5.71. The monoisotopic (exact) mass is 228 g/mol. The van der Waals surface area contributed by atoms with E-state index in [1.807, 2.05) is 14.0 Å². The molecule has 0 bridgehead atoms. The van der Waals surface area contributed by atoms with Gasteiger partial charge in [-0.1, -0.05) is 13.8 Å². The number of nitrogens with two attached hydrogens (primary N) is 1. The second-order valence-corrected chi connectivity index (χ2v) is 5.01. The lowest BCUT2D eigenvalue weighted by molar-refractivity contribution is 0.657. The van der Waals surface area contributed by atoms with E-state index < -0.39 is 0 Å². The molecule has 0 radical (unpaired) electrons. The molecule has 1 aromatic rings. The van der Waals surface area contributed by atoms with Crippen LogP contribution in [-0.4, -0.2) is 29.0 Å². The molecule has 1 heterocycles. The number of hydrogen-bond acceptors (Lipinski definition) is 5. The standard InChI is InChI=1S/C10H20N4S/c1-7(2)9-12-10(15-13-9)14(4)6-5-8(3)11/h7-8H,5-6,11H2,1-4H3. The fraction of sp³-hybridized carbons (Fsp3) is 0.800. The summed E-state index contributed by atoms with van der Waals surface area (Å²) >= 11 is 1.46. The lowest BCUT2D eigenvalue weighted by atomic mass is 10.2. The van der Waals surface area contributed by atoms with Crippen LogP contribution in [0, 0.1) is 0 Å². The molecule has 2 N–H and O–H groups in total. The first-order valence-corrected chi connectivity index (χ1v) is 6.08. The highest BCUT2D eigenvalue weighted by atomic mass is 32.1. The molecular formula is C10H20N4S. The molecule has 0 aliphatic heterocycles. The number of anilines is 1. The third kappa shape index (κ3) is 3.76. The normalized spacial score (nSPS) is 13.2. The molecule has 5 heteroatoms. The van der Waals surface area contributed by atoms with E-state index >= 15 is 0 Å². The molecule has 15 heavy (non-hydrogen) atoms. The highest BCUT2D eigenvalue weighted by Gasteiger charge is 2.11. The lowest BCUT2D eigenvalue weighted by Crippen LogP contribution is -2.25. The summed E-state index contributed by atoms with van der Waals surface area (Å²) in [4.78, 5) is 6.60. The largest absolute Gasteiger partial charge is 0.350 e. The molecule has 0 amide bonds. The van der Waals surface area contributed by atoms with Gasteiger partial charge in [-0.05, 0) is 13.3 Å². The van der Waals surface area contributed by atoms with Crippen molar-refractivity contribution in [2.75, 3.05) is 18.5 Å². The fourth-order valence-corrected chi connectivity index (χ4v) is 1.90. The summed E-state index contributed by atoms with van der Waals surface area (Å²) in [6.45, 7) is 7.17. The van der Waals surface area contributed by atoms with Gasteiger partial charge in [0.25, 0.3) is 0 Å². The van der Waals surface area contributed by atoms with Crippen LogP contribution < -0.4 is 10.6 Å². The van der Waals surface area contributed by atoms with Crippen molar-refractivity contribution in [2.24, 2.45) is 5.73 Å². The van der Waals surface area contributed by atoms with Crippen LogP contribution in [0.3, 0.4) is 0 Å². The minimum atomic E-state index is 0.241. The zero-order valence-corrected chi connectivity index (χ0v) is 10.7. The Labute approximate surface area is 95.7 Å². The van der Waals surface area contributed by atoms with Gasteiger partial charge in [0.1, 0.15) is 5.82 Å². The summed E-state index contributed by atoms with van der Waals surface area (Å²) in [5.74, 6) is 1.33. The van der Waals surface area contributed by atoms with Crippen molar-refractivity contribution in [3.63, 3.8) is 0 Å². The molecule has 0 spiro atoms. The van der Waals surface area contributed by atoms with Crippen molar-refractivity contribution in [1.29, 1.82) is 0 Å². The Morgan fingerprint density at radius 1 is 1.40 bits per heavy atom. The first-order valence-electron chi connectivity index (χ1n) is 5.31. The molecule has 0 fully saturated rings. The van der Waals surface area contributed by atoms with E-state index in [1.165, 1.54) is 11.5 Å². The molecule has 86 valence electrons. The van der Waals surface area contributed by atoms with Crippen molar-refractivity contribution < 1.29 is 0 Å². The van der Waals surface area contributed by atoms with Crippen molar-refractivity contribution in [2.45, 2.75) is 39.2 Å². The first kappa shape index (κ1) is 12.4. The van der Waals surface area contributed by atoms with Gasteiger partial charge in [-0.3, -0.25) is 0 Å². The van der Waals surface area contributed by atoms with Gasteiger partial charge < -0.3 is 10.6 Å². The maximum absolute atomic E-state index is 5.71. The van der Waals surface area contributed by atoms with Gasteiger partial charge in [-0.25, -0.2) is 4.98 Å². The van der Waals surface area contributed by atoms with Crippen LogP contribution in [0.5, 0.6) is 0 Å². The van der Waals surface area contributed by atoms with Gasteiger partial charge in [0.05, 0.1) is 0 Å². The molecule has 4 nitrogen and oxygen atoms in total. The number of hydrogen-bond donors (Lipinski definition) is 1. The SMILES string of the molecule is CC(N)CCN(C)c1nc(C(C)C)ns1. The maximum atomic E-state index is 5.71. The second-order valence-electron chi connectivity index (χ2n) is 4.28. The summed E-state index contributed by atoms with van der Waals surface area (Å²) in [6.07, 6.45) is 0.979. The molecule has 1 aromatic heterocycles. The van der Waals surface area contributed by atoms with Crippen LogP contribution in [0.4, 0.5) is 5.13 Å². The third-order valence-electron chi connectivity index (χ3n) is 2.19. The van der Waals surface area contributed by atoms with E-state index in [4.69, 9.17) is 5.73 Å². The minimum Gasteiger partial charge on any atom is -0.350 e.